The van der Waals surface area contributed by atoms with Gasteiger partial charge in [0.15, 0.2) is 5.79 Å². The summed E-state index contributed by atoms with van der Waals surface area (Å²) >= 11 is 0. The molecule has 170 valence electrons. The van der Waals surface area contributed by atoms with Crippen LogP contribution in [-0.4, -0.2) is 72.6 Å². The van der Waals surface area contributed by atoms with Crippen LogP contribution >= 0.6 is 0 Å². The Kier molecular flexibility index (Phi) is 4.72. The summed E-state index contributed by atoms with van der Waals surface area (Å²) in [6, 6.07) is 6.51. The Labute approximate surface area is 184 Å². The summed E-state index contributed by atoms with van der Waals surface area (Å²) in [7, 11) is 1.71. The molecule has 2 aliphatic heterocycles. The highest BCUT2D eigenvalue weighted by atomic mass is 16.7. The Bertz CT molecular complexity index is 850. The van der Waals surface area contributed by atoms with Crippen molar-refractivity contribution in [2.24, 2.45) is 11.8 Å². The summed E-state index contributed by atoms with van der Waals surface area (Å²) in [6.07, 6.45) is 6.25. The maximum absolute atomic E-state index is 12.6. The van der Waals surface area contributed by atoms with Crippen molar-refractivity contribution in [3.05, 3.63) is 29.3 Å². The van der Waals surface area contributed by atoms with Gasteiger partial charge in [-0.25, -0.2) is 0 Å². The third-order valence-corrected chi connectivity index (χ3v) is 9.06. The van der Waals surface area contributed by atoms with Crippen molar-refractivity contribution in [2.75, 3.05) is 40.0 Å². The van der Waals surface area contributed by atoms with E-state index in [0.29, 0.717) is 32.5 Å². The SMILES string of the molecule is COc1ccc2c(c1)C13CCN(CC4CC4)C(C2)C1(O)CC(CCO)C1(C3)OCCO1. The maximum Gasteiger partial charge on any atom is 0.172 e. The van der Waals surface area contributed by atoms with Gasteiger partial charge >= 0.3 is 0 Å². The summed E-state index contributed by atoms with van der Waals surface area (Å²) in [6.45, 7) is 3.35. The van der Waals surface area contributed by atoms with E-state index in [1.54, 1.807) is 7.11 Å². The minimum absolute atomic E-state index is 0.00587. The molecule has 0 amide bonds. The van der Waals surface area contributed by atoms with Crippen LogP contribution in [0.15, 0.2) is 18.2 Å². The van der Waals surface area contributed by atoms with E-state index >= 15 is 0 Å². The van der Waals surface area contributed by atoms with E-state index < -0.39 is 16.8 Å². The van der Waals surface area contributed by atoms with Gasteiger partial charge in [0.1, 0.15) is 5.75 Å². The van der Waals surface area contributed by atoms with Crippen LogP contribution in [0.2, 0.25) is 0 Å². The zero-order valence-electron chi connectivity index (χ0n) is 18.5. The summed E-state index contributed by atoms with van der Waals surface area (Å²) in [5.41, 5.74) is 1.26. The molecule has 1 spiro atoms. The maximum atomic E-state index is 12.6. The van der Waals surface area contributed by atoms with E-state index in [9.17, 15) is 10.2 Å². The first-order valence-electron chi connectivity index (χ1n) is 12.1. The molecule has 2 saturated heterocycles. The summed E-state index contributed by atoms with van der Waals surface area (Å²) in [5, 5.41) is 22.5. The molecule has 1 aromatic rings. The third-order valence-electron chi connectivity index (χ3n) is 9.06. The van der Waals surface area contributed by atoms with Gasteiger partial charge in [-0.1, -0.05) is 6.07 Å². The quantitative estimate of drug-likeness (QED) is 0.748. The Hall–Kier alpha value is -1.18. The van der Waals surface area contributed by atoms with E-state index in [0.717, 1.165) is 37.6 Å². The molecule has 0 radical (unpaired) electrons. The molecule has 5 aliphatic rings. The Morgan fingerprint density at radius 2 is 2.03 bits per heavy atom. The lowest BCUT2D eigenvalue weighted by Crippen LogP contribution is -2.76. The number of nitrogens with zero attached hydrogens (tertiary/aromatic N) is 1. The second-order valence-corrected chi connectivity index (χ2v) is 10.5. The van der Waals surface area contributed by atoms with Gasteiger partial charge in [0, 0.05) is 36.9 Å². The molecule has 6 rings (SSSR count). The average Bonchev–Trinajstić information content (AvgIpc) is 3.47. The van der Waals surface area contributed by atoms with Gasteiger partial charge in [-0.2, -0.15) is 0 Å². The van der Waals surface area contributed by atoms with Crippen LogP contribution in [0.4, 0.5) is 0 Å². The molecule has 6 heteroatoms. The van der Waals surface area contributed by atoms with Gasteiger partial charge in [-0.3, -0.25) is 4.90 Å². The minimum atomic E-state index is -0.861. The van der Waals surface area contributed by atoms with Crippen LogP contribution in [0.1, 0.15) is 49.7 Å². The number of piperidine rings is 1. The van der Waals surface area contributed by atoms with E-state index in [-0.39, 0.29) is 18.6 Å². The number of benzene rings is 1. The van der Waals surface area contributed by atoms with E-state index in [4.69, 9.17) is 14.2 Å². The lowest BCUT2D eigenvalue weighted by molar-refractivity contribution is -0.288. The molecule has 2 N–H and O–H groups in total. The Morgan fingerprint density at radius 1 is 1.23 bits per heavy atom. The number of fused-ring (bicyclic) bond motifs is 1. The van der Waals surface area contributed by atoms with Crippen molar-refractivity contribution in [1.82, 2.24) is 4.90 Å². The van der Waals surface area contributed by atoms with Crippen molar-refractivity contribution < 1.29 is 24.4 Å². The minimum Gasteiger partial charge on any atom is -0.497 e. The van der Waals surface area contributed by atoms with E-state index in [1.807, 2.05) is 0 Å². The van der Waals surface area contributed by atoms with E-state index in [1.165, 1.54) is 24.0 Å². The fraction of sp³-hybridized carbons (Fsp3) is 0.760. The Morgan fingerprint density at radius 3 is 2.74 bits per heavy atom. The Balaban J connectivity index is 1.49. The topological polar surface area (TPSA) is 71.4 Å². The molecule has 1 aromatic carbocycles. The predicted octanol–water partition coefficient (Wildman–Crippen LogP) is 2.24. The highest BCUT2D eigenvalue weighted by molar-refractivity contribution is 5.49. The molecular formula is C25H35NO5. The molecule has 31 heavy (non-hydrogen) atoms. The van der Waals surface area contributed by atoms with Crippen molar-refractivity contribution in [1.29, 1.82) is 0 Å². The highest BCUT2D eigenvalue weighted by Crippen LogP contribution is 2.63. The van der Waals surface area contributed by atoms with Gasteiger partial charge < -0.3 is 24.4 Å². The average molecular weight is 430 g/mol. The van der Waals surface area contributed by atoms with Crippen LogP contribution in [0.25, 0.3) is 0 Å². The molecule has 2 heterocycles. The monoisotopic (exact) mass is 429 g/mol. The van der Waals surface area contributed by atoms with Crippen molar-refractivity contribution in [3.63, 3.8) is 0 Å². The van der Waals surface area contributed by atoms with Crippen LogP contribution in [-0.2, 0) is 21.3 Å². The van der Waals surface area contributed by atoms with Gasteiger partial charge in [0.05, 0.1) is 25.9 Å². The number of hydrogen-bond acceptors (Lipinski definition) is 6. The van der Waals surface area contributed by atoms with Gasteiger partial charge in [-0.15, -0.1) is 0 Å². The van der Waals surface area contributed by atoms with Crippen molar-refractivity contribution in [2.45, 2.75) is 67.8 Å². The number of aliphatic hydroxyl groups is 2. The normalized spacial score (nSPS) is 38.7. The van der Waals surface area contributed by atoms with Gasteiger partial charge in [0.2, 0.25) is 0 Å². The molecule has 2 saturated carbocycles. The number of methoxy groups -OCH3 is 1. The standard InChI is InChI=1S/C25H35NO5/c1-29-20-5-4-18-12-22-24(28)14-19(6-9-27)25(30-10-11-31-25)16-23(24,21(18)13-20)7-8-26(22)15-17-2-3-17/h4-5,13,17,19,22,27-28H,2-3,6-12,14-16H2,1H3. The highest BCUT2D eigenvalue weighted by Gasteiger charge is 2.70. The number of aliphatic hydroxyl groups excluding tert-OH is 1. The molecule has 2 bridgehead atoms. The fourth-order valence-electron chi connectivity index (χ4n) is 7.41. The number of likely N-dealkylation sites (tertiary alicyclic amines) is 1. The fourth-order valence-corrected chi connectivity index (χ4v) is 7.41. The van der Waals surface area contributed by atoms with Crippen LogP contribution in [0.5, 0.6) is 5.75 Å². The molecule has 6 nitrogen and oxygen atoms in total. The predicted molar refractivity (Wildman–Crippen MR) is 115 cm³/mol. The molecule has 0 aromatic heterocycles. The first-order valence-corrected chi connectivity index (χ1v) is 12.1. The number of ether oxygens (including phenoxy) is 3. The molecule has 4 unspecified atom stereocenters. The van der Waals surface area contributed by atoms with Crippen LogP contribution in [0.3, 0.4) is 0 Å². The van der Waals surface area contributed by atoms with Crippen LogP contribution in [0, 0.1) is 11.8 Å². The lowest BCUT2D eigenvalue weighted by Gasteiger charge is -2.67. The summed E-state index contributed by atoms with van der Waals surface area (Å²) in [4.78, 5) is 2.58. The third kappa shape index (κ3) is 2.88. The second kappa shape index (κ2) is 7.16. The van der Waals surface area contributed by atoms with Crippen LogP contribution < -0.4 is 4.74 Å². The molecule has 3 aliphatic carbocycles. The largest absolute Gasteiger partial charge is 0.497 e. The van der Waals surface area contributed by atoms with Gasteiger partial charge in [-0.05, 0) is 74.2 Å². The summed E-state index contributed by atoms with van der Waals surface area (Å²) < 4.78 is 18.2. The molecule has 4 fully saturated rings. The zero-order chi connectivity index (χ0) is 21.3. The molecular weight excluding hydrogens is 394 g/mol. The van der Waals surface area contributed by atoms with Crippen molar-refractivity contribution >= 4 is 0 Å². The summed E-state index contributed by atoms with van der Waals surface area (Å²) in [5.74, 6) is 0.913. The number of rotatable bonds is 5. The first kappa shape index (κ1) is 20.4. The van der Waals surface area contributed by atoms with Gasteiger partial charge in [0.25, 0.3) is 0 Å². The first-order chi connectivity index (χ1) is 15.0. The second-order valence-electron chi connectivity index (χ2n) is 10.5. The van der Waals surface area contributed by atoms with E-state index in [2.05, 4.69) is 23.1 Å². The lowest BCUT2D eigenvalue weighted by atomic mass is 9.46. The number of hydrogen-bond donors (Lipinski definition) is 2. The van der Waals surface area contributed by atoms with Crippen molar-refractivity contribution in [3.8, 4) is 5.75 Å². The molecule has 4 atom stereocenters. The smallest absolute Gasteiger partial charge is 0.172 e. The zero-order valence-corrected chi connectivity index (χ0v) is 18.5.